The summed E-state index contributed by atoms with van der Waals surface area (Å²) < 4.78 is 2.03. The van der Waals surface area contributed by atoms with Crippen molar-refractivity contribution in [2.24, 2.45) is 0 Å². The molecule has 3 heteroatoms. The highest BCUT2D eigenvalue weighted by Crippen LogP contribution is 1.99. The van der Waals surface area contributed by atoms with Crippen molar-refractivity contribution in [2.75, 3.05) is 18.1 Å². The van der Waals surface area contributed by atoms with Crippen LogP contribution in [0.1, 0.15) is 6.42 Å². The Hall–Kier alpha value is -1.25. The van der Waals surface area contributed by atoms with Gasteiger partial charge in [0.2, 0.25) is 0 Å². The van der Waals surface area contributed by atoms with Crippen molar-refractivity contribution in [2.45, 2.75) is 6.42 Å². The summed E-state index contributed by atoms with van der Waals surface area (Å²) in [6.07, 6.45) is 11.1. The number of rotatable bonds is 1. The van der Waals surface area contributed by atoms with Crippen molar-refractivity contribution < 1.29 is 0 Å². The molecule has 2 heterocycles. The maximum atomic E-state index is 3.99. The summed E-state index contributed by atoms with van der Waals surface area (Å²) in [5.74, 6) is 0. The number of hydrogen-bond acceptors (Lipinski definition) is 2. The van der Waals surface area contributed by atoms with E-state index in [-0.39, 0.29) is 0 Å². The van der Waals surface area contributed by atoms with Crippen LogP contribution in [-0.2, 0) is 0 Å². The zero-order valence-electron chi connectivity index (χ0n) is 6.35. The Bertz CT molecular complexity index is 238. The molecule has 0 spiro atoms. The van der Waals surface area contributed by atoms with Crippen molar-refractivity contribution >= 4 is 0 Å². The van der Waals surface area contributed by atoms with Crippen LogP contribution in [-0.4, -0.2) is 22.7 Å². The van der Waals surface area contributed by atoms with Crippen molar-refractivity contribution in [1.82, 2.24) is 9.66 Å². The van der Waals surface area contributed by atoms with Crippen LogP contribution in [0.15, 0.2) is 30.9 Å². The molecule has 2 rings (SSSR count). The SMILES string of the molecule is C1=CCN(n2ccnc2)CC1. The van der Waals surface area contributed by atoms with Gasteiger partial charge in [-0.15, -0.1) is 0 Å². The van der Waals surface area contributed by atoms with Gasteiger partial charge in [-0.2, -0.15) is 0 Å². The molecule has 0 bridgehead atoms. The molecule has 0 radical (unpaired) electrons. The Balaban J connectivity index is 2.11. The summed E-state index contributed by atoms with van der Waals surface area (Å²) in [4.78, 5) is 3.99. The van der Waals surface area contributed by atoms with E-state index in [4.69, 9.17) is 0 Å². The van der Waals surface area contributed by atoms with E-state index >= 15 is 0 Å². The lowest BCUT2D eigenvalue weighted by molar-refractivity contribution is 0.605. The fourth-order valence-electron chi connectivity index (χ4n) is 1.26. The third-order valence-electron chi connectivity index (χ3n) is 1.85. The Morgan fingerprint density at radius 3 is 2.91 bits per heavy atom. The third kappa shape index (κ3) is 1.27. The van der Waals surface area contributed by atoms with E-state index in [2.05, 4.69) is 22.1 Å². The molecule has 11 heavy (non-hydrogen) atoms. The van der Waals surface area contributed by atoms with Gasteiger partial charge in [-0.05, 0) is 6.42 Å². The second kappa shape index (κ2) is 2.78. The highest BCUT2D eigenvalue weighted by atomic mass is 15.5. The van der Waals surface area contributed by atoms with E-state index in [1.54, 1.807) is 6.20 Å². The maximum absolute atomic E-state index is 3.99. The Labute approximate surface area is 65.9 Å². The molecule has 0 N–H and O–H groups in total. The van der Waals surface area contributed by atoms with Crippen molar-refractivity contribution in [3.05, 3.63) is 30.9 Å². The first-order valence-electron chi connectivity index (χ1n) is 3.85. The van der Waals surface area contributed by atoms with Gasteiger partial charge >= 0.3 is 0 Å². The molecule has 0 amide bonds. The summed E-state index contributed by atoms with van der Waals surface area (Å²) in [7, 11) is 0. The number of imidazole rings is 1. The normalized spacial score (nSPS) is 17.3. The van der Waals surface area contributed by atoms with Crippen LogP contribution in [0.25, 0.3) is 0 Å². The lowest BCUT2D eigenvalue weighted by Gasteiger charge is -2.25. The Morgan fingerprint density at radius 1 is 1.27 bits per heavy atom. The average molecular weight is 149 g/mol. The molecule has 0 fully saturated rings. The zero-order chi connectivity index (χ0) is 7.52. The largest absolute Gasteiger partial charge is 0.308 e. The molecular weight excluding hydrogens is 138 g/mol. The van der Waals surface area contributed by atoms with Gasteiger partial charge in [-0.1, -0.05) is 12.2 Å². The summed E-state index contributed by atoms with van der Waals surface area (Å²) >= 11 is 0. The number of nitrogens with zero attached hydrogens (tertiary/aromatic N) is 3. The Kier molecular flexibility index (Phi) is 1.63. The fraction of sp³-hybridized carbons (Fsp3) is 0.375. The summed E-state index contributed by atoms with van der Waals surface area (Å²) in [5.41, 5.74) is 0. The molecule has 0 aromatic carbocycles. The number of hydrogen-bond donors (Lipinski definition) is 0. The standard InChI is InChI=1S/C8H11N3/c1-2-5-10(6-3-1)11-7-4-9-8-11/h1-2,4,7-8H,3,5-6H2. The van der Waals surface area contributed by atoms with Gasteiger partial charge in [-0.25, -0.2) is 4.98 Å². The lowest BCUT2D eigenvalue weighted by Crippen LogP contribution is -2.36. The average Bonchev–Trinajstić information content (AvgIpc) is 2.58. The third-order valence-corrected chi connectivity index (χ3v) is 1.85. The highest BCUT2D eigenvalue weighted by molar-refractivity contribution is 5.03. The molecule has 1 aliphatic rings. The molecule has 58 valence electrons. The minimum atomic E-state index is 0.996. The van der Waals surface area contributed by atoms with Gasteiger partial charge in [0.25, 0.3) is 0 Å². The zero-order valence-corrected chi connectivity index (χ0v) is 6.35. The first-order valence-corrected chi connectivity index (χ1v) is 3.85. The van der Waals surface area contributed by atoms with E-state index in [0.717, 1.165) is 19.5 Å². The van der Waals surface area contributed by atoms with Gasteiger partial charge in [0, 0.05) is 18.9 Å². The molecule has 0 unspecified atom stereocenters. The molecule has 1 aromatic rings. The van der Waals surface area contributed by atoms with Gasteiger partial charge in [0.1, 0.15) is 6.33 Å². The molecule has 3 nitrogen and oxygen atoms in total. The van der Waals surface area contributed by atoms with Crippen molar-refractivity contribution in [3.8, 4) is 0 Å². The molecule has 0 saturated heterocycles. The molecule has 1 aliphatic heterocycles. The predicted octanol–water partition coefficient (Wildman–Crippen LogP) is 0.781. The summed E-state index contributed by atoms with van der Waals surface area (Å²) in [5, 5.41) is 2.24. The lowest BCUT2D eigenvalue weighted by atomic mass is 10.3. The van der Waals surface area contributed by atoms with E-state index in [1.165, 1.54) is 0 Å². The molecule has 0 aliphatic carbocycles. The van der Waals surface area contributed by atoms with E-state index in [9.17, 15) is 0 Å². The monoisotopic (exact) mass is 149 g/mol. The van der Waals surface area contributed by atoms with E-state index < -0.39 is 0 Å². The van der Waals surface area contributed by atoms with Crippen LogP contribution in [0.5, 0.6) is 0 Å². The minimum absolute atomic E-state index is 0.996. The first-order chi connectivity index (χ1) is 5.47. The van der Waals surface area contributed by atoms with Crippen molar-refractivity contribution in [1.29, 1.82) is 0 Å². The van der Waals surface area contributed by atoms with Crippen LogP contribution in [0.3, 0.4) is 0 Å². The van der Waals surface area contributed by atoms with Crippen LogP contribution >= 0.6 is 0 Å². The van der Waals surface area contributed by atoms with Crippen LogP contribution in [0.4, 0.5) is 0 Å². The smallest absolute Gasteiger partial charge is 0.114 e. The second-order valence-electron chi connectivity index (χ2n) is 2.62. The second-order valence-corrected chi connectivity index (χ2v) is 2.62. The van der Waals surface area contributed by atoms with Gasteiger partial charge < -0.3 is 5.01 Å². The van der Waals surface area contributed by atoms with Crippen molar-refractivity contribution in [3.63, 3.8) is 0 Å². The number of aromatic nitrogens is 2. The fourth-order valence-corrected chi connectivity index (χ4v) is 1.26. The van der Waals surface area contributed by atoms with E-state index in [0.29, 0.717) is 0 Å². The summed E-state index contributed by atoms with van der Waals surface area (Å²) in [6, 6.07) is 0. The predicted molar refractivity (Wildman–Crippen MR) is 43.9 cm³/mol. The van der Waals surface area contributed by atoms with Gasteiger partial charge in [-0.3, -0.25) is 4.68 Å². The molecule has 1 aromatic heterocycles. The summed E-state index contributed by atoms with van der Waals surface area (Å²) in [6.45, 7) is 2.09. The van der Waals surface area contributed by atoms with Gasteiger partial charge in [0.05, 0.1) is 6.54 Å². The van der Waals surface area contributed by atoms with Crippen LogP contribution in [0.2, 0.25) is 0 Å². The minimum Gasteiger partial charge on any atom is -0.308 e. The first kappa shape index (κ1) is 6.46. The molecular formula is C8H11N3. The highest BCUT2D eigenvalue weighted by Gasteiger charge is 2.03. The van der Waals surface area contributed by atoms with Crippen LogP contribution < -0.4 is 5.01 Å². The van der Waals surface area contributed by atoms with Crippen LogP contribution in [0, 0.1) is 0 Å². The van der Waals surface area contributed by atoms with Gasteiger partial charge in [0.15, 0.2) is 0 Å². The molecule has 0 atom stereocenters. The molecule has 0 saturated carbocycles. The Morgan fingerprint density at radius 2 is 2.27 bits per heavy atom. The topological polar surface area (TPSA) is 21.1 Å². The quantitative estimate of drug-likeness (QED) is 0.550. The maximum Gasteiger partial charge on any atom is 0.114 e. The van der Waals surface area contributed by atoms with E-state index in [1.807, 2.05) is 17.2 Å².